The zero-order chi connectivity index (χ0) is 19.8. The smallest absolute Gasteiger partial charge is 0.467 e. The van der Waals surface area contributed by atoms with Crippen molar-refractivity contribution < 1.29 is 33.3 Å². The van der Waals surface area contributed by atoms with Crippen LogP contribution < -0.4 is 0 Å². The largest absolute Gasteiger partial charge is 0.509 e. The zero-order valence-corrected chi connectivity index (χ0v) is 15.8. The Morgan fingerprint density at radius 2 is 1.89 bits per heavy atom. The second-order valence-electron chi connectivity index (χ2n) is 6.34. The number of hydrogen-bond donors (Lipinski definition) is 0. The van der Waals surface area contributed by atoms with Crippen LogP contribution >= 0.6 is 0 Å². The van der Waals surface area contributed by atoms with Gasteiger partial charge in [-0.2, -0.15) is 0 Å². The molecule has 7 heteroatoms. The summed E-state index contributed by atoms with van der Waals surface area (Å²) in [5.41, 5.74) is 0.964. The summed E-state index contributed by atoms with van der Waals surface area (Å²) < 4.78 is 27.0. The topological polar surface area (TPSA) is 80.3 Å². The molecule has 0 amide bonds. The molecular formula is C20H26O7. The molecule has 1 aromatic rings. The fourth-order valence-corrected chi connectivity index (χ4v) is 3.01. The summed E-state index contributed by atoms with van der Waals surface area (Å²) in [6.07, 6.45) is -2.10. The lowest BCUT2D eigenvalue weighted by Gasteiger charge is -2.42. The van der Waals surface area contributed by atoms with E-state index in [-0.39, 0.29) is 6.61 Å². The fraction of sp³-hybridized carbons (Fsp3) is 0.500. The monoisotopic (exact) mass is 378 g/mol. The van der Waals surface area contributed by atoms with Crippen LogP contribution in [0.4, 0.5) is 4.79 Å². The third-order valence-electron chi connectivity index (χ3n) is 4.41. The lowest BCUT2D eigenvalue weighted by molar-refractivity contribution is -0.221. The van der Waals surface area contributed by atoms with Crippen molar-refractivity contribution in [3.05, 3.63) is 48.6 Å². The Kier molecular flexibility index (Phi) is 7.82. The average Bonchev–Trinajstić information content (AvgIpc) is 2.68. The van der Waals surface area contributed by atoms with Gasteiger partial charge >= 0.3 is 12.1 Å². The molecule has 1 aliphatic heterocycles. The number of esters is 1. The molecule has 0 aromatic heterocycles. The van der Waals surface area contributed by atoms with Crippen LogP contribution in [0.25, 0.3) is 0 Å². The van der Waals surface area contributed by atoms with Gasteiger partial charge in [0.05, 0.1) is 19.8 Å². The van der Waals surface area contributed by atoms with Gasteiger partial charge in [0.15, 0.2) is 12.2 Å². The molecule has 1 aromatic carbocycles. The molecule has 1 saturated heterocycles. The first-order valence-corrected chi connectivity index (χ1v) is 8.81. The second-order valence-corrected chi connectivity index (χ2v) is 6.34. The van der Waals surface area contributed by atoms with Gasteiger partial charge in [-0.3, -0.25) is 0 Å². The summed E-state index contributed by atoms with van der Waals surface area (Å²) in [5.74, 6) is -0.884. The minimum Gasteiger partial charge on any atom is -0.467 e. The van der Waals surface area contributed by atoms with Crippen LogP contribution in [0, 0.1) is 5.92 Å². The second kappa shape index (κ2) is 10.1. The minimum atomic E-state index is -0.840. The summed E-state index contributed by atoms with van der Waals surface area (Å²) >= 11 is 0. The van der Waals surface area contributed by atoms with Gasteiger partial charge in [0.2, 0.25) is 0 Å². The molecule has 0 N–H and O–H groups in total. The summed E-state index contributed by atoms with van der Waals surface area (Å²) in [6.45, 7) is 7.35. The van der Waals surface area contributed by atoms with Crippen LogP contribution in [-0.4, -0.2) is 50.3 Å². The molecule has 0 bridgehead atoms. The molecule has 5 atom stereocenters. The SMILES string of the molecule is C=CCOC(=O)OC1C(C)OC(C(=O)OC)[C@H](C)[C@@H]1OCc1ccccc1. The first kappa shape index (κ1) is 20.9. The van der Waals surface area contributed by atoms with Gasteiger partial charge < -0.3 is 23.7 Å². The zero-order valence-electron chi connectivity index (χ0n) is 15.8. The van der Waals surface area contributed by atoms with Gasteiger partial charge in [0.25, 0.3) is 0 Å². The van der Waals surface area contributed by atoms with E-state index in [4.69, 9.17) is 23.7 Å². The molecular weight excluding hydrogens is 352 g/mol. The molecule has 0 spiro atoms. The number of carbonyl (C=O) groups excluding carboxylic acids is 2. The van der Waals surface area contributed by atoms with Crippen molar-refractivity contribution in [2.75, 3.05) is 13.7 Å². The maximum atomic E-state index is 12.1. The van der Waals surface area contributed by atoms with Crippen LogP contribution in [-0.2, 0) is 35.1 Å². The Labute approximate surface area is 159 Å². The maximum absolute atomic E-state index is 12.1. The van der Waals surface area contributed by atoms with E-state index in [1.807, 2.05) is 30.3 Å². The highest BCUT2D eigenvalue weighted by atomic mass is 16.7. The molecule has 0 radical (unpaired) electrons. The predicted octanol–water partition coefficient (Wildman–Crippen LogP) is 2.88. The van der Waals surface area contributed by atoms with Crippen LogP contribution in [0.1, 0.15) is 19.4 Å². The highest BCUT2D eigenvalue weighted by molar-refractivity contribution is 5.75. The van der Waals surface area contributed by atoms with E-state index < -0.39 is 42.5 Å². The van der Waals surface area contributed by atoms with E-state index in [0.29, 0.717) is 6.61 Å². The molecule has 7 nitrogen and oxygen atoms in total. The molecule has 27 heavy (non-hydrogen) atoms. The van der Waals surface area contributed by atoms with Gasteiger partial charge in [-0.25, -0.2) is 9.59 Å². The lowest BCUT2D eigenvalue weighted by atomic mass is 9.88. The predicted molar refractivity (Wildman–Crippen MR) is 97.0 cm³/mol. The average molecular weight is 378 g/mol. The Morgan fingerprint density at radius 1 is 1.19 bits per heavy atom. The van der Waals surface area contributed by atoms with E-state index in [2.05, 4.69) is 6.58 Å². The van der Waals surface area contributed by atoms with Gasteiger partial charge in [-0.15, -0.1) is 0 Å². The number of rotatable bonds is 7. The Balaban J connectivity index is 2.15. The van der Waals surface area contributed by atoms with Crippen molar-refractivity contribution in [1.82, 2.24) is 0 Å². The maximum Gasteiger partial charge on any atom is 0.509 e. The van der Waals surface area contributed by atoms with E-state index in [0.717, 1.165) is 5.56 Å². The van der Waals surface area contributed by atoms with Crippen LogP contribution in [0.15, 0.2) is 43.0 Å². The molecule has 0 aliphatic carbocycles. The Hall–Kier alpha value is -2.38. The molecule has 0 saturated carbocycles. The van der Waals surface area contributed by atoms with Crippen molar-refractivity contribution in [3.63, 3.8) is 0 Å². The third kappa shape index (κ3) is 5.55. The highest BCUT2D eigenvalue weighted by Crippen LogP contribution is 2.31. The quantitative estimate of drug-likeness (QED) is 0.533. The van der Waals surface area contributed by atoms with E-state index in [1.54, 1.807) is 13.8 Å². The fourth-order valence-electron chi connectivity index (χ4n) is 3.01. The molecule has 3 unspecified atom stereocenters. The Bertz CT molecular complexity index is 630. The number of ether oxygens (including phenoxy) is 5. The minimum absolute atomic E-state index is 0.0384. The molecule has 148 valence electrons. The molecule has 2 rings (SSSR count). The molecule has 1 heterocycles. The van der Waals surface area contributed by atoms with Crippen LogP contribution in [0.3, 0.4) is 0 Å². The van der Waals surface area contributed by atoms with Gasteiger partial charge in [-0.05, 0) is 12.5 Å². The number of benzene rings is 1. The van der Waals surface area contributed by atoms with Gasteiger partial charge in [0, 0.05) is 5.92 Å². The van der Waals surface area contributed by atoms with E-state index in [1.165, 1.54) is 13.2 Å². The van der Waals surface area contributed by atoms with Gasteiger partial charge in [-0.1, -0.05) is 49.9 Å². The third-order valence-corrected chi connectivity index (χ3v) is 4.41. The summed E-state index contributed by atoms with van der Waals surface area (Å²) in [6, 6.07) is 9.59. The summed E-state index contributed by atoms with van der Waals surface area (Å²) in [5, 5.41) is 0. The van der Waals surface area contributed by atoms with Crippen molar-refractivity contribution in [2.45, 2.75) is 44.9 Å². The van der Waals surface area contributed by atoms with Crippen LogP contribution in [0.5, 0.6) is 0 Å². The molecule has 1 aliphatic rings. The first-order valence-electron chi connectivity index (χ1n) is 8.81. The number of methoxy groups -OCH3 is 1. The molecule has 1 fully saturated rings. The van der Waals surface area contributed by atoms with Gasteiger partial charge in [0.1, 0.15) is 12.7 Å². The van der Waals surface area contributed by atoms with E-state index in [9.17, 15) is 9.59 Å². The standard InChI is InChI=1S/C20H26O7/c1-5-11-24-20(22)27-18-14(3)26-17(19(21)23-4)13(2)16(18)25-12-15-9-7-6-8-10-15/h5-10,13-14,16-18H,1,11-12H2,2-4H3/t13-,14?,16+,17?,18?/m1/s1. The highest BCUT2D eigenvalue weighted by Gasteiger charge is 2.48. The van der Waals surface area contributed by atoms with E-state index >= 15 is 0 Å². The Morgan fingerprint density at radius 3 is 2.52 bits per heavy atom. The van der Waals surface area contributed by atoms with Crippen molar-refractivity contribution >= 4 is 12.1 Å². The van der Waals surface area contributed by atoms with Crippen molar-refractivity contribution in [2.24, 2.45) is 5.92 Å². The van der Waals surface area contributed by atoms with Crippen molar-refractivity contribution in [1.29, 1.82) is 0 Å². The lowest BCUT2D eigenvalue weighted by Crippen LogP contribution is -2.57. The summed E-state index contributed by atoms with van der Waals surface area (Å²) in [4.78, 5) is 24.0. The summed E-state index contributed by atoms with van der Waals surface area (Å²) in [7, 11) is 1.30. The first-order chi connectivity index (χ1) is 13.0. The number of carbonyl (C=O) groups is 2. The van der Waals surface area contributed by atoms with Crippen LogP contribution in [0.2, 0.25) is 0 Å². The van der Waals surface area contributed by atoms with Crippen molar-refractivity contribution in [3.8, 4) is 0 Å². The number of hydrogen-bond acceptors (Lipinski definition) is 7. The normalized spacial score (nSPS) is 27.4.